The predicted octanol–water partition coefficient (Wildman–Crippen LogP) is 2.44. The standard InChI is InChI=1S/C22H18N4O4/c1-2-29-20(27)16-18(23)30-19-15(17(25-26-19)12-8-4-3-5-9-12)22(16)13-10-6-7-11-14(13)24-21(22)28/h3-11H,2,23H2,1H3,(H,24,28)(H,25,26)/t22-/m1/s1. The Kier molecular flexibility index (Phi) is 3.89. The summed E-state index contributed by atoms with van der Waals surface area (Å²) in [5.41, 5.74) is 7.50. The SMILES string of the molecule is CCOC(=O)C1=C(N)Oc2n[nH]c(-c3ccccc3)c2[C@@]12C(=O)Nc1ccccc12. The molecule has 5 rings (SSSR count). The second-order valence-corrected chi connectivity index (χ2v) is 6.96. The largest absolute Gasteiger partial charge is 0.462 e. The normalized spacial score (nSPS) is 19.2. The summed E-state index contributed by atoms with van der Waals surface area (Å²) in [6.45, 7) is 1.81. The number of ether oxygens (including phenoxy) is 2. The third kappa shape index (κ3) is 2.24. The highest BCUT2D eigenvalue weighted by molar-refractivity contribution is 6.18. The zero-order valence-corrected chi connectivity index (χ0v) is 16.1. The summed E-state index contributed by atoms with van der Waals surface area (Å²) in [5, 5.41) is 10.1. The van der Waals surface area contributed by atoms with Crippen LogP contribution in [0.1, 0.15) is 18.1 Å². The van der Waals surface area contributed by atoms with Gasteiger partial charge in [-0.3, -0.25) is 9.89 Å². The first-order valence-corrected chi connectivity index (χ1v) is 9.49. The number of aromatic amines is 1. The van der Waals surface area contributed by atoms with Crippen molar-refractivity contribution >= 4 is 17.6 Å². The fraction of sp³-hybridized carbons (Fsp3) is 0.136. The maximum Gasteiger partial charge on any atom is 0.341 e. The van der Waals surface area contributed by atoms with E-state index in [1.165, 1.54) is 0 Å². The number of fused-ring (bicyclic) bond motifs is 4. The molecule has 3 heterocycles. The quantitative estimate of drug-likeness (QED) is 0.579. The number of hydrogen-bond donors (Lipinski definition) is 3. The predicted molar refractivity (Wildman–Crippen MR) is 108 cm³/mol. The lowest BCUT2D eigenvalue weighted by Gasteiger charge is -2.33. The Morgan fingerprint density at radius 3 is 2.67 bits per heavy atom. The van der Waals surface area contributed by atoms with Crippen LogP contribution < -0.4 is 15.8 Å². The van der Waals surface area contributed by atoms with Gasteiger partial charge in [0.2, 0.25) is 17.7 Å². The molecule has 150 valence electrons. The van der Waals surface area contributed by atoms with Gasteiger partial charge in [-0.25, -0.2) is 4.79 Å². The Hall–Kier alpha value is -4.07. The van der Waals surface area contributed by atoms with Gasteiger partial charge in [0.05, 0.1) is 17.9 Å². The Morgan fingerprint density at radius 2 is 1.90 bits per heavy atom. The Morgan fingerprint density at radius 1 is 1.17 bits per heavy atom. The van der Waals surface area contributed by atoms with Gasteiger partial charge >= 0.3 is 5.97 Å². The number of benzene rings is 2. The van der Waals surface area contributed by atoms with E-state index in [2.05, 4.69) is 15.5 Å². The van der Waals surface area contributed by atoms with Crippen LogP contribution in [-0.4, -0.2) is 28.7 Å². The number of nitrogens with two attached hydrogens (primary N) is 1. The summed E-state index contributed by atoms with van der Waals surface area (Å²) < 4.78 is 11.0. The smallest absolute Gasteiger partial charge is 0.341 e. The van der Waals surface area contributed by atoms with Crippen LogP contribution in [0.3, 0.4) is 0 Å². The van der Waals surface area contributed by atoms with E-state index in [9.17, 15) is 9.59 Å². The molecule has 0 bridgehead atoms. The lowest BCUT2D eigenvalue weighted by molar-refractivity contribution is -0.140. The molecule has 0 aliphatic carbocycles. The first kappa shape index (κ1) is 18.0. The molecule has 2 aliphatic heterocycles. The van der Waals surface area contributed by atoms with E-state index in [0.29, 0.717) is 22.5 Å². The highest BCUT2D eigenvalue weighted by Crippen LogP contribution is 2.55. The Labute approximate surface area is 171 Å². The minimum Gasteiger partial charge on any atom is -0.462 e. The summed E-state index contributed by atoms with van der Waals surface area (Å²) >= 11 is 0. The number of nitrogens with one attached hydrogen (secondary N) is 2. The van der Waals surface area contributed by atoms with Crippen LogP contribution in [0.4, 0.5) is 5.69 Å². The lowest BCUT2D eigenvalue weighted by Crippen LogP contribution is -2.46. The van der Waals surface area contributed by atoms with Crippen LogP contribution in [0.15, 0.2) is 66.1 Å². The van der Waals surface area contributed by atoms with Crippen molar-refractivity contribution in [2.75, 3.05) is 11.9 Å². The molecule has 1 atom stereocenters. The summed E-state index contributed by atoms with van der Waals surface area (Å²) in [5.74, 6) is -1.20. The second-order valence-electron chi connectivity index (χ2n) is 6.96. The van der Waals surface area contributed by atoms with Gasteiger partial charge in [0.25, 0.3) is 0 Å². The number of esters is 1. The average molecular weight is 402 g/mol. The number of para-hydroxylation sites is 1. The van der Waals surface area contributed by atoms with E-state index in [-0.39, 0.29) is 23.9 Å². The lowest BCUT2D eigenvalue weighted by atomic mass is 9.68. The maximum atomic E-state index is 13.6. The van der Waals surface area contributed by atoms with Crippen LogP contribution in [0.25, 0.3) is 11.3 Å². The molecule has 1 aromatic heterocycles. The molecule has 1 amide bonds. The van der Waals surface area contributed by atoms with Crippen molar-refractivity contribution in [2.24, 2.45) is 5.73 Å². The van der Waals surface area contributed by atoms with Crippen molar-refractivity contribution in [3.05, 3.63) is 77.2 Å². The summed E-state index contributed by atoms with van der Waals surface area (Å²) in [6.07, 6.45) is 0. The zero-order chi connectivity index (χ0) is 20.9. The van der Waals surface area contributed by atoms with Gasteiger partial charge in [0, 0.05) is 16.8 Å². The number of aromatic nitrogens is 2. The highest BCUT2D eigenvalue weighted by atomic mass is 16.5. The van der Waals surface area contributed by atoms with E-state index in [4.69, 9.17) is 15.2 Å². The number of carbonyl (C=O) groups excluding carboxylic acids is 2. The Bertz CT molecular complexity index is 1210. The minimum absolute atomic E-state index is 0.0575. The summed E-state index contributed by atoms with van der Waals surface area (Å²) in [6, 6.07) is 16.6. The maximum absolute atomic E-state index is 13.6. The molecule has 0 saturated heterocycles. The molecule has 0 radical (unpaired) electrons. The topological polar surface area (TPSA) is 119 Å². The molecule has 4 N–H and O–H groups in total. The van der Waals surface area contributed by atoms with Crippen LogP contribution in [0.2, 0.25) is 0 Å². The zero-order valence-electron chi connectivity index (χ0n) is 16.1. The number of H-pyrrole nitrogens is 1. The molecule has 8 nitrogen and oxygen atoms in total. The number of hydrogen-bond acceptors (Lipinski definition) is 6. The molecule has 2 aliphatic rings. The molecule has 0 fully saturated rings. The molecule has 0 unspecified atom stereocenters. The van der Waals surface area contributed by atoms with Gasteiger partial charge in [-0.2, -0.15) is 0 Å². The van der Waals surface area contributed by atoms with Crippen LogP contribution >= 0.6 is 0 Å². The summed E-state index contributed by atoms with van der Waals surface area (Å²) in [7, 11) is 0. The first-order chi connectivity index (χ1) is 14.6. The fourth-order valence-corrected chi connectivity index (χ4v) is 4.24. The molecule has 0 saturated carbocycles. The number of anilines is 1. The molecule has 2 aromatic carbocycles. The van der Waals surface area contributed by atoms with Crippen LogP contribution in [0, 0.1) is 0 Å². The molecule has 8 heteroatoms. The van der Waals surface area contributed by atoms with E-state index in [1.54, 1.807) is 25.1 Å². The molecular formula is C22H18N4O4. The van der Waals surface area contributed by atoms with Gasteiger partial charge in [-0.05, 0) is 13.0 Å². The van der Waals surface area contributed by atoms with Crippen molar-refractivity contribution in [2.45, 2.75) is 12.3 Å². The van der Waals surface area contributed by atoms with E-state index in [0.717, 1.165) is 5.56 Å². The van der Waals surface area contributed by atoms with Gasteiger partial charge in [-0.1, -0.05) is 48.5 Å². The van der Waals surface area contributed by atoms with E-state index >= 15 is 0 Å². The van der Waals surface area contributed by atoms with Gasteiger partial charge < -0.3 is 20.5 Å². The number of amides is 1. The van der Waals surface area contributed by atoms with Crippen molar-refractivity contribution in [3.8, 4) is 17.1 Å². The van der Waals surface area contributed by atoms with Crippen LogP contribution in [-0.2, 0) is 19.7 Å². The van der Waals surface area contributed by atoms with Gasteiger partial charge in [0.15, 0.2) is 0 Å². The summed E-state index contributed by atoms with van der Waals surface area (Å²) in [4.78, 5) is 26.7. The third-order valence-electron chi connectivity index (χ3n) is 5.40. The van der Waals surface area contributed by atoms with Crippen molar-refractivity contribution in [3.63, 3.8) is 0 Å². The first-order valence-electron chi connectivity index (χ1n) is 9.49. The molecule has 3 aromatic rings. The van der Waals surface area contributed by atoms with Crippen LogP contribution in [0.5, 0.6) is 5.88 Å². The second kappa shape index (κ2) is 6.48. The molecular weight excluding hydrogens is 384 g/mol. The van der Waals surface area contributed by atoms with E-state index in [1.807, 2.05) is 36.4 Å². The molecule has 30 heavy (non-hydrogen) atoms. The average Bonchev–Trinajstić information content (AvgIpc) is 3.29. The minimum atomic E-state index is -1.56. The number of nitrogens with zero attached hydrogens (tertiary/aromatic N) is 1. The number of rotatable bonds is 3. The number of carbonyl (C=O) groups is 2. The van der Waals surface area contributed by atoms with Gasteiger partial charge in [-0.15, -0.1) is 5.10 Å². The molecule has 1 spiro atoms. The van der Waals surface area contributed by atoms with Crippen molar-refractivity contribution in [1.82, 2.24) is 10.2 Å². The fourth-order valence-electron chi connectivity index (χ4n) is 4.24. The van der Waals surface area contributed by atoms with Gasteiger partial charge in [0.1, 0.15) is 11.0 Å². The van der Waals surface area contributed by atoms with Crippen molar-refractivity contribution in [1.29, 1.82) is 0 Å². The third-order valence-corrected chi connectivity index (χ3v) is 5.40. The van der Waals surface area contributed by atoms with E-state index < -0.39 is 17.3 Å². The monoisotopic (exact) mass is 402 g/mol. The highest BCUT2D eigenvalue weighted by Gasteiger charge is 2.60. The Balaban J connectivity index is 1.88. The van der Waals surface area contributed by atoms with Crippen molar-refractivity contribution < 1.29 is 19.1 Å².